The van der Waals surface area contributed by atoms with Crippen molar-refractivity contribution < 1.29 is 28.6 Å². The molecule has 0 radical (unpaired) electrons. The average molecular weight is 1070 g/mol. The van der Waals surface area contributed by atoms with E-state index < -0.39 is 6.10 Å². The lowest BCUT2D eigenvalue weighted by Crippen LogP contribution is -2.30. The number of carbonyl (C=O) groups is 3. The Morgan fingerprint density at radius 1 is 0.269 bits per heavy atom. The van der Waals surface area contributed by atoms with E-state index in [2.05, 4.69) is 191 Å². The first-order chi connectivity index (χ1) is 38.5. The van der Waals surface area contributed by atoms with Crippen molar-refractivity contribution in [3.8, 4) is 0 Å². The lowest BCUT2D eigenvalue weighted by molar-refractivity contribution is -0.167. The van der Waals surface area contributed by atoms with Gasteiger partial charge in [-0.05, 0) is 154 Å². The summed E-state index contributed by atoms with van der Waals surface area (Å²) in [7, 11) is 0. The van der Waals surface area contributed by atoms with Gasteiger partial charge in [0.15, 0.2) is 6.10 Å². The second-order valence-corrected chi connectivity index (χ2v) is 19.8. The van der Waals surface area contributed by atoms with Crippen molar-refractivity contribution in [3.05, 3.63) is 170 Å². The second-order valence-electron chi connectivity index (χ2n) is 19.8. The molecule has 78 heavy (non-hydrogen) atoms. The fraction of sp³-hybridized carbons (Fsp3) is 0.569. The fourth-order valence-corrected chi connectivity index (χ4v) is 7.83. The van der Waals surface area contributed by atoms with Gasteiger partial charge in [0.2, 0.25) is 0 Å². The van der Waals surface area contributed by atoms with Crippen LogP contribution in [0.4, 0.5) is 0 Å². The minimum atomic E-state index is -0.828. The molecule has 1 unspecified atom stereocenters. The molecular formula is C72H112O6. The molecule has 6 heteroatoms. The highest BCUT2D eigenvalue weighted by molar-refractivity contribution is 5.71. The SMILES string of the molecule is CC/C=C\C/C=C\C/C=C\C/C=C\C/C=C\C/C=C\C/C=C\C/C=C\CCCCC(=O)OCC(COC(=O)CCCC/C=C\C/C=C\C/C=C\C/C=C\CC)OC(=O)CCCCCCCCC/C=C\C/C=C\CCCCCC. The van der Waals surface area contributed by atoms with Gasteiger partial charge in [-0.15, -0.1) is 0 Å². The van der Waals surface area contributed by atoms with Crippen molar-refractivity contribution in [2.75, 3.05) is 13.2 Å². The molecule has 1 atom stereocenters. The molecule has 0 saturated carbocycles. The van der Waals surface area contributed by atoms with Crippen LogP contribution < -0.4 is 0 Å². The molecule has 0 aromatic rings. The first-order valence-electron chi connectivity index (χ1n) is 31.1. The lowest BCUT2D eigenvalue weighted by atomic mass is 10.1. The Balaban J connectivity index is 4.53. The van der Waals surface area contributed by atoms with Gasteiger partial charge in [-0.25, -0.2) is 0 Å². The zero-order valence-corrected chi connectivity index (χ0v) is 49.9. The highest BCUT2D eigenvalue weighted by Gasteiger charge is 2.19. The molecule has 0 N–H and O–H groups in total. The van der Waals surface area contributed by atoms with E-state index in [0.29, 0.717) is 19.3 Å². The average Bonchev–Trinajstić information content (AvgIpc) is 3.44. The Morgan fingerprint density at radius 2 is 0.500 bits per heavy atom. The number of hydrogen-bond donors (Lipinski definition) is 0. The fourth-order valence-electron chi connectivity index (χ4n) is 7.83. The standard InChI is InChI=1S/C72H112O6/c1-4-7-10-13-16-19-22-25-28-30-32-33-34-35-36-37-38-39-40-42-44-47-50-53-56-59-62-65-71(74)77-68-69(67-76-70(73)64-61-58-55-52-49-46-43-27-24-21-18-15-12-9-6-3)78-72(75)66-63-60-57-54-51-48-45-41-31-29-26-23-20-17-14-11-8-5-2/h7,9-10,12,16,18-21,23,25,27-29,31-33,35-36,38-39,42-44,49-50,52-53,69H,4-6,8,11,13-15,17,22,24,26,30,34,37,40-41,45-48,51,54-68H2,1-3H3/b10-7-,12-9-,19-16-,21-18-,23-20-,28-25-,31-29-,33-32-,36-35-,39-38-,43-27-,44-42-,52-49-,53-50-. The third-order valence-electron chi connectivity index (χ3n) is 12.4. The van der Waals surface area contributed by atoms with Crippen molar-refractivity contribution in [1.29, 1.82) is 0 Å². The van der Waals surface area contributed by atoms with Crippen LogP contribution in [0.1, 0.15) is 245 Å². The largest absolute Gasteiger partial charge is 0.462 e. The molecular weight excluding hydrogens is 961 g/mol. The Morgan fingerprint density at radius 3 is 0.808 bits per heavy atom. The Kier molecular flexibility index (Phi) is 60.0. The smallest absolute Gasteiger partial charge is 0.306 e. The van der Waals surface area contributed by atoms with Crippen LogP contribution in [0.2, 0.25) is 0 Å². The molecule has 0 aromatic carbocycles. The topological polar surface area (TPSA) is 78.9 Å². The molecule has 0 aliphatic heterocycles. The van der Waals surface area contributed by atoms with Gasteiger partial charge in [0.05, 0.1) is 0 Å². The van der Waals surface area contributed by atoms with E-state index in [-0.39, 0.29) is 44.0 Å². The predicted molar refractivity (Wildman–Crippen MR) is 338 cm³/mol. The van der Waals surface area contributed by atoms with Gasteiger partial charge in [-0.1, -0.05) is 242 Å². The Hall–Kier alpha value is -5.23. The molecule has 436 valence electrons. The van der Waals surface area contributed by atoms with Crippen LogP contribution in [-0.4, -0.2) is 37.2 Å². The Labute approximate surface area is 479 Å². The first kappa shape index (κ1) is 72.8. The number of rotatable bonds is 54. The molecule has 0 aliphatic carbocycles. The van der Waals surface area contributed by atoms with Crippen LogP contribution in [0.15, 0.2) is 170 Å². The van der Waals surface area contributed by atoms with Crippen LogP contribution in [0.5, 0.6) is 0 Å². The normalized spacial score (nSPS) is 13.3. The summed E-state index contributed by atoms with van der Waals surface area (Å²) in [4.78, 5) is 38.3. The lowest BCUT2D eigenvalue weighted by Gasteiger charge is -2.18. The summed E-state index contributed by atoms with van der Waals surface area (Å²) in [5.74, 6) is -1.02. The van der Waals surface area contributed by atoms with E-state index in [4.69, 9.17) is 14.2 Å². The number of allylic oxidation sites excluding steroid dienone is 28. The Bertz CT molecular complexity index is 1810. The maximum Gasteiger partial charge on any atom is 0.306 e. The number of carbonyl (C=O) groups excluding carboxylic acids is 3. The molecule has 0 bridgehead atoms. The molecule has 0 spiro atoms. The number of hydrogen-bond acceptors (Lipinski definition) is 6. The van der Waals surface area contributed by atoms with E-state index in [9.17, 15) is 14.4 Å². The molecule has 0 fully saturated rings. The molecule has 6 nitrogen and oxygen atoms in total. The van der Waals surface area contributed by atoms with E-state index in [0.717, 1.165) is 141 Å². The molecule has 0 saturated heterocycles. The summed E-state index contributed by atoms with van der Waals surface area (Å²) < 4.78 is 16.8. The third-order valence-corrected chi connectivity index (χ3v) is 12.4. The van der Waals surface area contributed by atoms with Crippen molar-refractivity contribution in [2.24, 2.45) is 0 Å². The molecule has 0 heterocycles. The summed E-state index contributed by atoms with van der Waals surface area (Å²) >= 11 is 0. The van der Waals surface area contributed by atoms with E-state index in [1.165, 1.54) is 51.4 Å². The third kappa shape index (κ3) is 61.6. The summed E-state index contributed by atoms with van der Waals surface area (Å²) in [5.41, 5.74) is 0. The van der Waals surface area contributed by atoms with Gasteiger partial charge in [-0.2, -0.15) is 0 Å². The minimum absolute atomic E-state index is 0.125. The minimum Gasteiger partial charge on any atom is -0.462 e. The van der Waals surface area contributed by atoms with Gasteiger partial charge in [0.1, 0.15) is 13.2 Å². The zero-order chi connectivity index (χ0) is 56.4. The van der Waals surface area contributed by atoms with E-state index in [1.54, 1.807) is 0 Å². The summed E-state index contributed by atoms with van der Waals surface area (Å²) in [6.45, 7) is 6.30. The van der Waals surface area contributed by atoms with E-state index in [1.807, 2.05) is 0 Å². The molecule has 0 aliphatic rings. The quantitative estimate of drug-likeness (QED) is 0.0261. The van der Waals surface area contributed by atoms with Crippen LogP contribution in [0.3, 0.4) is 0 Å². The van der Waals surface area contributed by atoms with Crippen LogP contribution in [0, 0.1) is 0 Å². The van der Waals surface area contributed by atoms with Crippen molar-refractivity contribution in [2.45, 2.75) is 252 Å². The monoisotopic (exact) mass is 1070 g/mol. The van der Waals surface area contributed by atoms with Crippen LogP contribution in [0.25, 0.3) is 0 Å². The van der Waals surface area contributed by atoms with Crippen molar-refractivity contribution in [3.63, 3.8) is 0 Å². The predicted octanol–water partition coefficient (Wildman–Crippen LogP) is 21.5. The number of esters is 3. The van der Waals surface area contributed by atoms with Gasteiger partial charge >= 0.3 is 17.9 Å². The van der Waals surface area contributed by atoms with Gasteiger partial charge in [-0.3, -0.25) is 14.4 Å². The first-order valence-corrected chi connectivity index (χ1v) is 31.1. The summed E-state index contributed by atoms with van der Waals surface area (Å²) in [6, 6.07) is 0. The van der Waals surface area contributed by atoms with Gasteiger partial charge in [0.25, 0.3) is 0 Å². The second kappa shape index (κ2) is 64.3. The van der Waals surface area contributed by atoms with Crippen LogP contribution in [-0.2, 0) is 28.6 Å². The summed E-state index contributed by atoms with van der Waals surface area (Å²) in [5, 5.41) is 0. The highest BCUT2D eigenvalue weighted by atomic mass is 16.6. The molecule has 0 aromatic heterocycles. The zero-order valence-electron chi connectivity index (χ0n) is 49.9. The highest BCUT2D eigenvalue weighted by Crippen LogP contribution is 2.13. The summed E-state index contributed by atoms with van der Waals surface area (Å²) in [6.07, 6.45) is 95.0. The molecule has 0 rings (SSSR count). The number of ether oxygens (including phenoxy) is 3. The van der Waals surface area contributed by atoms with Gasteiger partial charge < -0.3 is 14.2 Å². The molecule has 0 amide bonds. The van der Waals surface area contributed by atoms with Crippen molar-refractivity contribution in [1.82, 2.24) is 0 Å². The maximum atomic E-state index is 12.9. The number of unbranched alkanes of at least 4 members (excludes halogenated alkanes) is 15. The van der Waals surface area contributed by atoms with Crippen molar-refractivity contribution >= 4 is 17.9 Å². The maximum absolute atomic E-state index is 12.9. The van der Waals surface area contributed by atoms with Crippen LogP contribution >= 0.6 is 0 Å². The van der Waals surface area contributed by atoms with E-state index >= 15 is 0 Å². The van der Waals surface area contributed by atoms with Gasteiger partial charge in [0, 0.05) is 19.3 Å².